The molecule has 2 heterocycles. The number of amidine groups is 1. The van der Waals surface area contributed by atoms with Crippen LogP contribution >= 0.6 is 11.3 Å². The van der Waals surface area contributed by atoms with Gasteiger partial charge >= 0.3 is 0 Å². The fraction of sp³-hybridized carbons (Fsp3) is 0.360. The van der Waals surface area contributed by atoms with Crippen LogP contribution in [0.25, 0.3) is 0 Å². The first-order chi connectivity index (χ1) is 16.2. The highest BCUT2D eigenvalue weighted by Crippen LogP contribution is 2.28. The van der Waals surface area contributed by atoms with Crippen molar-refractivity contribution < 1.29 is 4.74 Å². The Bertz CT molecular complexity index is 1060. The summed E-state index contributed by atoms with van der Waals surface area (Å²) in [5.41, 5.74) is 15.1. The Kier molecular flexibility index (Phi) is 10.5. The Morgan fingerprint density at radius 3 is 2.71 bits per heavy atom. The molecular weight excluding hydrogens is 446 g/mol. The van der Waals surface area contributed by atoms with E-state index in [2.05, 4.69) is 44.6 Å². The first-order valence-electron chi connectivity index (χ1n) is 11.1. The zero-order chi connectivity index (χ0) is 25.1. The third-order valence-electron chi connectivity index (χ3n) is 4.97. The van der Waals surface area contributed by atoms with Crippen molar-refractivity contribution >= 4 is 39.5 Å². The van der Waals surface area contributed by atoms with Crippen LogP contribution < -0.4 is 11.5 Å². The maximum atomic E-state index is 5.98. The van der Waals surface area contributed by atoms with Crippen LogP contribution in [-0.4, -0.2) is 54.1 Å². The lowest BCUT2D eigenvalue weighted by Crippen LogP contribution is -2.36. The summed E-state index contributed by atoms with van der Waals surface area (Å²) < 4.78 is 5.98. The van der Waals surface area contributed by atoms with E-state index in [4.69, 9.17) is 16.2 Å². The number of rotatable bonds is 8. The van der Waals surface area contributed by atoms with Gasteiger partial charge in [0.25, 0.3) is 0 Å². The van der Waals surface area contributed by atoms with Crippen LogP contribution in [0, 0.1) is 6.92 Å². The fourth-order valence-electron chi connectivity index (χ4n) is 3.07. The summed E-state index contributed by atoms with van der Waals surface area (Å²) >= 11 is 1.37. The smallest absolute Gasteiger partial charge is 0.217 e. The minimum absolute atomic E-state index is 0.234. The third kappa shape index (κ3) is 8.15. The third-order valence-corrected chi connectivity index (χ3v) is 5.87. The summed E-state index contributed by atoms with van der Waals surface area (Å²) in [4.78, 5) is 19.5. The van der Waals surface area contributed by atoms with Crippen LogP contribution in [0.5, 0.6) is 0 Å². The number of anilines is 1. The van der Waals surface area contributed by atoms with E-state index in [-0.39, 0.29) is 5.96 Å². The first kappa shape index (κ1) is 26.8. The van der Waals surface area contributed by atoms with Crippen molar-refractivity contribution in [2.75, 3.05) is 32.0 Å². The van der Waals surface area contributed by atoms with Gasteiger partial charge in [-0.2, -0.15) is 4.99 Å². The van der Waals surface area contributed by atoms with Crippen LogP contribution in [0.3, 0.4) is 0 Å². The van der Waals surface area contributed by atoms with Gasteiger partial charge in [-0.05, 0) is 38.0 Å². The number of nitrogens with two attached hydrogens (primary N) is 2. The average Bonchev–Trinajstić information content (AvgIpc) is 2.97. The lowest BCUT2D eigenvalue weighted by atomic mass is 10.1. The summed E-state index contributed by atoms with van der Waals surface area (Å²) in [6.07, 6.45) is 9.00. The zero-order valence-corrected chi connectivity index (χ0v) is 21.2. The molecule has 1 fully saturated rings. The first-order valence-corrected chi connectivity index (χ1v) is 12.0. The molecule has 0 bridgehead atoms. The molecule has 1 aliphatic heterocycles. The number of aliphatic imine (C=N–C) groups is 3. The molecule has 0 unspecified atom stereocenters. The number of nitrogens with zero attached hydrogens (tertiary/aromatic N) is 5. The molecule has 0 saturated carbocycles. The van der Waals surface area contributed by atoms with Gasteiger partial charge in [0.2, 0.25) is 5.96 Å². The molecule has 1 saturated heterocycles. The molecule has 0 amide bonds. The fourth-order valence-corrected chi connectivity index (χ4v) is 3.77. The van der Waals surface area contributed by atoms with E-state index < -0.39 is 0 Å². The molecule has 34 heavy (non-hydrogen) atoms. The highest BCUT2D eigenvalue weighted by atomic mass is 32.1. The molecule has 0 radical (unpaired) electrons. The standard InChI is InChI=1S/C25H35N7OS/c1-7-20(11-13-29-23-19(6)30-25(27)34-23)9-10-21-12-14-32(15-16-33-21)22(18(5)17(3)4)31-24(26)28-8-2/h7,9-10,13H,1,3,5,8,11-12,14-16H2,2,4,6H3,(H2,26,28)(H2,27,30)/b20-9+,21-10+,29-13-,31-22+. The molecule has 0 atom stereocenters. The van der Waals surface area contributed by atoms with Gasteiger partial charge in [0, 0.05) is 37.7 Å². The van der Waals surface area contributed by atoms with E-state index in [9.17, 15) is 0 Å². The predicted octanol–water partition coefficient (Wildman–Crippen LogP) is 4.71. The molecule has 2 rings (SSSR count). The van der Waals surface area contributed by atoms with E-state index in [1.165, 1.54) is 11.3 Å². The number of ether oxygens (including phenoxy) is 1. The molecule has 0 aromatic carbocycles. The molecule has 4 N–H and O–H groups in total. The summed E-state index contributed by atoms with van der Waals surface area (Å²) in [5.74, 6) is 1.81. The van der Waals surface area contributed by atoms with Gasteiger partial charge in [0.1, 0.15) is 17.4 Å². The van der Waals surface area contributed by atoms with Crippen molar-refractivity contribution in [1.82, 2.24) is 9.88 Å². The molecule has 0 spiro atoms. The Labute approximate surface area is 206 Å². The lowest BCUT2D eigenvalue weighted by Gasteiger charge is -2.25. The van der Waals surface area contributed by atoms with Gasteiger partial charge in [0.05, 0.1) is 18.0 Å². The number of hydrogen-bond acceptors (Lipinski definition) is 6. The highest BCUT2D eigenvalue weighted by molar-refractivity contribution is 7.19. The number of thiazole rings is 1. The van der Waals surface area contributed by atoms with E-state index in [1.807, 2.05) is 45.2 Å². The number of nitrogen functional groups attached to an aromatic ring is 1. The van der Waals surface area contributed by atoms with Gasteiger partial charge in [-0.3, -0.25) is 4.99 Å². The van der Waals surface area contributed by atoms with Crippen LogP contribution in [0.1, 0.15) is 32.4 Å². The molecule has 0 aliphatic carbocycles. The van der Waals surface area contributed by atoms with Gasteiger partial charge < -0.3 is 21.1 Å². The summed E-state index contributed by atoms with van der Waals surface area (Å²) in [6, 6.07) is 0. The molecular formula is C25H35N7OS. The highest BCUT2D eigenvalue weighted by Gasteiger charge is 2.19. The van der Waals surface area contributed by atoms with Crippen molar-refractivity contribution in [2.45, 2.75) is 33.6 Å². The van der Waals surface area contributed by atoms with E-state index in [0.717, 1.165) is 33.2 Å². The maximum absolute atomic E-state index is 5.98. The minimum Gasteiger partial charge on any atom is -0.496 e. The second kappa shape index (κ2) is 13.3. The van der Waals surface area contributed by atoms with Crippen LogP contribution in [-0.2, 0) is 4.74 Å². The molecule has 1 aromatic rings. The number of aromatic nitrogens is 1. The van der Waals surface area contributed by atoms with Gasteiger partial charge in [0.15, 0.2) is 5.13 Å². The topological polar surface area (TPSA) is 114 Å². The van der Waals surface area contributed by atoms with Gasteiger partial charge in [-0.25, -0.2) is 9.98 Å². The van der Waals surface area contributed by atoms with E-state index >= 15 is 0 Å². The van der Waals surface area contributed by atoms with E-state index in [0.29, 0.717) is 50.0 Å². The van der Waals surface area contributed by atoms with Crippen LogP contribution in [0.4, 0.5) is 10.1 Å². The normalized spacial score (nSPS) is 17.1. The predicted molar refractivity (Wildman–Crippen MR) is 146 cm³/mol. The molecule has 8 nitrogen and oxygen atoms in total. The summed E-state index contributed by atoms with van der Waals surface area (Å²) in [5, 5.41) is 1.35. The van der Waals surface area contributed by atoms with E-state index in [1.54, 1.807) is 0 Å². The Hall–Kier alpha value is -3.46. The molecule has 1 aliphatic rings. The second-order valence-electron chi connectivity index (χ2n) is 7.65. The number of hydrogen-bond donors (Lipinski definition) is 2. The van der Waals surface area contributed by atoms with Crippen molar-refractivity contribution in [3.05, 3.63) is 66.1 Å². The minimum atomic E-state index is 0.234. The molecule has 1 aromatic heterocycles. The zero-order valence-electron chi connectivity index (χ0n) is 20.4. The van der Waals surface area contributed by atoms with Crippen molar-refractivity contribution in [1.29, 1.82) is 0 Å². The Balaban J connectivity index is 2.10. The second-order valence-corrected chi connectivity index (χ2v) is 8.66. The molecule has 9 heteroatoms. The largest absolute Gasteiger partial charge is 0.496 e. The number of guanidine groups is 1. The summed E-state index contributed by atoms with van der Waals surface area (Å²) in [7, 11) is 0. The Morgan fingerprint density at radius 2 is 2.09 bits per heavy atom. The van der Waals surface area contributed by atoms with Crippen LogP contribution in [0.15, 0.2) is 75.4 Å². The monoisotopic (exact) mass is 481 g/mol. The van der Waals surface area contributed by atoms with Gasteiger partial charge in [-0.15, -0.1) is 0 Å². The number of allylic oxidation sites excluding steroid dienone is 4. The van der Waals surface area contributed by atoms with Crippen molar-refractivity contribution in [2.24, 2.45) is 20.7 Å². The SMILES string of the molecule is C=C/C(=C\C=C1/CCN(/C(=N/C(N)=N\CC)C(=C)C(=C)C)CCO1)C/C=N\c1sc(N)nc1C. The van der Waals surface area contributed by atoms with Crippen molar-refractivity contribution in [3.8, 4) is 0 Å². The Morgan fingerprint density at radius 1 is 1.32 bits per heavy atom. The van der Waals surface area contributed by atoms with Gasteiger partial charge in [-0.1, -0.05) is 43.2 Å². The molecule has 182 valence electrons. The quantitative estimate of drug-likeness (QED) is 0.317. The lowest BCUT2D eigenvalue weighted by molar-refractivity contribution is 0.212. The summed E-state index contributed by atoms with van der Waals surface area (Å²) in [6.45, 7) is 20.2. The maximum Gasteiger partial charge on any atom is 0.217 e. The average molecular weight is 482 g/mol. The van der Waals surface area contributed by atoms with Crippen molar-refractivity contribution in [3.63, 3.8) is 0 Å². The van der Waals surface area contributed by atoms with Crippen LogP contribution in [0.2, 0.25) is 0 Å². The number of aryl methyl sites for hydroxylation is 1.